The van der Waals surface area contributed by atoms with Crippen LogP contribution >= 0.6 is 0 Å². The molecule has 1 aliphatic heterocycles. The number of esters is 1. The Morgan fingerprint density at radius 3 is 2.70 bits per heavy atom. The maximum Gasteiger partial charge on any atom is 0.356 e. The van der Waals surface area contributed by atoms with Crippen molar-refractivity contribution in [2.75, 3.05) is 0 Å². The van der Waals surface area contributed by atoms with Gasteiger partial charge in [-0.3, -0.25) is 0 Å². The molecule has 0 atom stereocenters. The second kappa shape index (κ2) is 5.57. The average Bonchev–Trinajstić information content (AvgIpc) is 2.53. The van der Waals surface area contributed by atoms with Crippen molar-refractivity contribution in [1.29, 1.82) is 0 Å². The van der Waals surface area contributed by atoms with Gasteiger partial charge in [-0.2, -0.15) is 0 Å². The lowest BCUT2D eigenvalue weighted by Gasteiger charge is -2.14. The molecule has 0 amide bonds. The average molecular weight is 267 g/mol. The van der Waals surface area contributed by atoms with E-state index in [-0.39, 0.29) is 6.61 Å². The number of rotatable bonds is 3. The highest BCUT2D eigenvalue weighted by atomic mass is 16.6. The largest absolute Gasteiger partial charge is 0.456 e. The van der Waals surface area contributed by atoms with E-state index in [9.17, 15) is 4.79 Å². The van der Waals surface area contributed by atoms with Gasteiger partial charge in [0.15, 0.2) is 11.5 Å². The summed E-state index contributed by atoms with van der Waals surface area (Å²) in [6, 6.07) is 17.0. The number of oxime groups is 1. The lowest BCUT2D eigenvalue weighted by Crippen LogP contribution is -2.23. The third-order valence-electron chi connectivity index (χ3n) is 3.03. The van der Waals surface area contributed by atoms with E-state index in [1.807, 2.05) is 54.6 Å². The molecule has 1 heterocycles. The van der Waals surface area contributed by atoms with E-state index >= 15 is 0 Å². The van der Waals surface area contributed by atoms with Gasteiger partial charge in [0, 0.05) is 12.0 Å². The third kappa shape index (κ3) is 2.69. The number of ether oxygens (including phenoxy) is 1. The zero-order valence-electron chi connectivity index (χ0n) is 10.8. The molecule has 100 valence electrons. The van der Waals surface area contributed by atoms with Gasteiger partial charge in [0.05, 0.1) is 0 Å². The topological polar surface area (TPSA) is 47.9 Å². The van der Waals surface area contributed by atoms with Crippen molar-refractivity contribution in [1.82, 2.24) is 0 Å². The number of benzene rings is 2. The van der Waals surface area contributed by atoms with Crippen molar-refractivity contribution < 1.29 is 14.4 Å². The Morgan fingerprint density at radius 1 is 1.10 bits per heavy atom. The first kappa shape index (κ1) is 12.4. The monoisotopic (exact) mass is 267 g/mol. The third-order valence-corrected chi connectivity index (χ3v) is 3.03. The Kier molecular flexibility index (Phi) is 3.46. The van der Waals surface area contributed by atoms with Crippen LogP contribution in [-0.4, -0.2) is 11.7 Å². The molecule has 4 nitrogen and oxygen atoms in total. The van der Waals surface area contributed by atoms with Gasteiger partial charge >= 0.3 is 5.97 Å². The summed E-state index contributed by atoms with van der Waals surface area (Å²) in [6.45, 7) is 0.236. The quantitative estimate of drug-likeness (QED) is 0.803. The fourth-order valence-electron chi connectivity index (χ4n) is 1.97. The fourth-order valence-corrected chi connectivity index (χ4v) is 1.97. The highest BCUT2D eigenvalue weighted by Gasteiger charge is 2.21. The molecule has 0 aliphatic carbocycles. The molecule has 2 aromatic rings. The molecule has 0 radical (unpaired) electrons. The molecule has 0 aromatic heterocycles. The number of carbonyl (C=O) groups excluding carboxylic acids is 1. The van der Waals surface area contributed by atoms with Gasteiger partial charge < -0.3 is 9.57 Å². The van der Waals surface area contributed by atoms with Crippen molar-refractivity contribution in [2.45, 2.75) is 13.0 Å². The second-order valence-electron chi connectivity index (χ2n) is 4.48. The molecule has 0 saturated carbocycles. The normalized spacial score (nSPS) is 12.9. The molecule has 2 aromatic carbocycles. The first-order valence-corrected chi connectivity index (χ1v) is 6.36. The van der Waals surface area contributed by atoms with Gasteiger partial charge in [0.2, 0.25) is 0 Å². The molecule has 4 heteroatoms. The van der Waals surface area contributed by atoms with Crippen LogP contribution in [0.4, 0.5) is 0 Å². The maximum absolute atomic E-state index is 11.9. The van der Waals surface area contributed by atoms with Crippen LogP contribution in [0.25, 0.3) is 0 Å². The zero-order chi connectivity index (χ0) is 13.8. The summed E-state index contributed by atoms with van der Waals surface area (Å²) in [5.74, 6) is 0.246. The Balaban J connectivity index is 1.63. The van der Waals surface area contributed by atoms with Crippen LogP contribution in [0, 0.1) is 0 Å². The first-order chi connectivity index (χ1) is 9.83. The number of nitrogens with zero attached hydrogens (tertiary/aromatic N) is 1. The molecule has 0 unspecified atom stereocenters. The van der Waals surface area contributed by atoms with Crippen LogP contribution < -0.4 is 4.84 Å². The van der Waals surface area contributed by atoms with Gasteiger partial charge in [-0.05, 0) is 11.6 Å². The summed E-state index contributed by atoms with van der Waals surface area (Å²) < 4.78 is 5.23. The molecule has 1 aliphatic rings. The van der Waals surface area contributed by atoms with Crippen LogP contribution in [0.5, 0.6) is 5.75 Å². The zero-order valence-corrected chi connectivity index (χ0v) is 10.8. The molecule has 0 bridgehead atoms. The number of hydrogen-bond donors (Lipinski definition) is 0. The van der Waals surface area contributed by atoms with Crippen molar-refractivity contribution in [2.24, 2.45) is 5.16 Å². The number of fused-ring (bicyclic) bond motifs is 1. The minimum Gasteiger partial charge on any atom is -0.456 e. The van der Waals surface area contributed by atoms with E-state index in [4.69, 9.17) is 9.57 Å². The van der Waals surface area contributed by atoms with E-state index in [0.29, 0.717) is 17.9 Å². The summed E-state index contributed by atoms with van der Waals surface area (Å²) in [7, 11) is 0. The molecule has 0 N–H and O–H groups in total. The van der Waals surface area contributed by atoms with Crippen molar-refractivity contribution in [3.8, 4) is 5.75 Å². The van der Waals surface area contributed by atoms with E-state index in [2.05, 4.69) is 5.16 Å². The summed E-state index contributed by atoms with van der Waals surface area (Å²) in [5.41, 5.74) is 2.17. The fraction of sp³-hybridized carbons (Fsp3) is 0.125. The minimum atomic E-state index is -0.441. The molecular weight excluding hydrogens is 254 g/mol. The van der Waals surface area contributed by atoms with Crippen molar-refractivity contribution >= 4 is 11.7 Å². The van der Waals surface area contributed by atoms with Gasteiger partial charge in [0.25, 0.3) is 0 Å². The van der Waals surface area contributed by atoms with Crippen LogP contribution in [0.1, 0.15) is 11.1 Å². The molecule has 0 fully saturated rings. The lowest BCUT2D eigenvalue weighted by molar-refractivity contribution is -0.137. The summed E-state index contributed by atoms with van der Waals surface area (Å²) >= 11 is 0. The highest BCUT2D eigenvalue weighted by Crippen LogP contribution is 2.23. The van der Waals surface area contributed by atoms with E-state index in [0.717, 1.165) is 11.1 Å². The van der Waals surface area contributed by atoms with E-state index in [1.54, 1.807) is 0 Å². The van der Waals surface area contributed by atoms with Crippen LogP contribution in [-0.2, 0) is 22.6 Å². The Hall–Kier alpha value is -2.62. The lowest BCUT2D eigenvalue weighted by atomic mass is 10.1. The molecular formula is C16H13NO3. The van der Waals surface area contributed by atoms with Crippen LogP contribution in [0.2, 0.25) is 0 Å². The summed E-state index contributed by atoms with van der Waals surface area (Å²) in [4.78, 5) is 17.1. The number of carbonyl (C=O) groups is 1. The van der Waals surface area contributed by atoms with Gasteiger partial charge in [-0.15, -0.1) is 0 Å². The molecule has 0 spiro atoms. The smallest absolute Gasteiger partial charge is 0.356 e. The van der Waals surface area contributed by atoms with Gasteiger partial charge in [-0.1, -0.05) is 53.7 Å². The molecule has 0 saturated heterocycles. The number of para-hydroxylation sites is 1. The van der Waals surface area contributed by atoms with Crippen LogP contribution in [0.15, 0.2) is 59.8 Å². The predicted molar refractivity (Wildman–Crippen MR) is 74.4 cm³/mol. The van der Waals surface area contributed by atoms with E-state index < -0.39 is 5.97 Å². The van der Waals surface area contributed by atoms with Gasteiger partial charge in [-0.25, -0.2) is 4.79 Å². The van der Waals surface area contributed by atoms with Gasteiger partial charge in [0.1, 0.15) is 6.61 Å². The highest BCUT2D eigenvalue weighted by molar-refractivity contribution is 6.37. The summed E-state index contributed by atoms with van der Waals surface area (Å²) in [6.07, 6.45) is 0.434. The van der Waals surface area contributed by atoms with E-state index in [1.165, 1.54) is 0 Å². The van der Waals surface area contributed by atoms with Crippen LogP contribution in [0.3, 0.4) is 0 Å². The maximum atomic E-state index is 11.9. The molecule has 3 rings (SSSR count). The summed E-state index contributed by atoms with van der Waals surface area (Å²) in [5, 5.41) is 3.83. The Morgan fingerprint density at radius 2 is 1.85 bits per heavy atom. The Labute approximate surface area is 116 Å². The SMILES string of the molecule is O=C(OCc1ccccc1)C1=NOc2ccccc2C1. The van der Waals surface area contributed by atoms with Crippen molar-refractivity contribution in [3.05, 3.63) is 65.7 Å². The molecule has 20 heavy (non-hydrogen) atoms. The second-order valence-corrected chi connectivity index (χ2v) is 4.48. The minimum absolute atomic E-state index is 0.236. The predicted octanol–water partition coefficient (Wildman–Crippen LogP) is 2.72. The Bertz CT molecular complexity index is 650. The first-order valence-electron chi connectivity index (χ1n) is 6.36. The standard InChI is InChI=1S/C16H13NO3/c18-16(19-11-12-6-2-1-3-7-12)14-10-13-8-4-5-9-15(13)20-17-14/h1-9H,10-11H2. The number of hydrogen-bond acceptors (Lipinski definition) is 4. The van der Waals surface area contributed by atoms with Crippen molar-refractivity contribution in [3.63, 3.8) is 0 Å².